The summed E-state index contributed by atoms with van der Waals surface area (Å²) in [5.41, 5.74) is 1.17. The molecule has 0 radical (unpaired) electrons. The minimum absolute atomic E-state index is 0.122. The second-order valence-electron chi connectivity index (χ2n) is 6.47. The third kappa shape index (κ3) is 3.56. The Balaban J connectivity index is 1.43. The first-order valence-electron chi connectivity index (χ1n) is 8.79. The smallest absolute Gasteiger partial charge is 0.254 e. The standard InChI is InChI=1S/C21H19FN2O3/c1-26-19-8-6-15(12-17(19)22)21(25)24-11-10-16(13-24)27-20-9-7-14-4-2-3-5-18(14)23-20/h2-9,12,16H,10-11,13H2,1H3/t16-/m1/s1. The molecule has 2 aromatic carbocycles. The lowest BCUT2D eigenvalue weighted by Crippen LogP contribution is -2.31. The summed E-state index contributed by atoms with van der Waals surface area (Å²) in [7, 11) is 1.39. The number of nitrogens with zero attached hydrogens (tertiary/aromatic N) is 2. The number of carbonyl (C=O) groups excluding carboxylic acids is 1. The predicted octanol–water partition coefficient (Wildman–Crippen LogP) is 3.68. The number of benzene rings is 2. The lowest BCUT2D eigenvalue weighted by Gasteiger charge is -2.17. The Morgan fingerprint density at radius 2 is 2.04 bits per heavy atom. The SMILES string of the molecule is COc1ccc(C(=O)N2CC[C@@H](Oc3ccc4ccccc4n3)C2)cc1F. The molecule has 0 N–H and O–H groups in total. The van der Waals surface area contributed by atoms with E-state index < -0.39 is 5.82 Å². The second-order valence-corrected chi connectivity index (χ2v) is 6.47. The molecule has 0 bridgehead atoms. The molecule has 6 heteroatoms. The van der Waals surface area contributed by atoms with Gasteiger partial charge in [-0.05, 0) is 30.3 Å². The van der Waals surface area contributed by atoms with Crippen molar-refractivity contribution in [2.24, 2.45) is 0 Å². The van der Waals surface area contributed by atoms with Crippen molar-refractivity contribution in [3.05, 3.63) is 66.0 Å². The van der Waals surface area contributed by atoms with Crippen LogP contribution in [0, 0.1) is 5.82 Å². The van der Waals surface area contributed by atoms with Gasteiger partial charge in [0.1, 0.15) is 6.10 Å². The molecule has 1 fully saturated rings. The number of pyridine rings is 1. The van der Waals surface area contributed by atoms with Gasteiger partial charge in [0.05, 0.1) is 19.2 Å². The maximum atomic E-state index is 13.9. The lowest BCUT2D eigenvalue weighted by atomic mass is 10.2. The summed E-state index contributed by atoms with van der Waals surface area (Å²) in [6.07, 6.45) is 0.574. The van der Waals surface area contributed by atoms with Gasteiger partial charge in [-0.25, -0.2) is 9.37 Å². The van der Waals surface area contributed by atoms with Gasteiger partial charge in [-0.3, -0.25) is 4.79 Å². The van der Waals surface area contributed by atoms with E-state index in [0.29, 0.717) is 31.0 Å². The molecule has 3 aromatic rings. The van der Waals surface area contributed by atoms with Crippen LogP contribution in [0.5, 0.6) is 11.6 Å². The maximum absolute atomic E-state index is 13.9. The Morgan fingerprint density at radius 1 is 1.19 bits per heavy atom. The minimum atomic E-state index is -0.546. The molecule has 1 amide bonds. The number of fused-ring (bicyclic) bond motifs is 1. The van der Waals surface area contributed by atoms with E-state index >= 15 is 0 Å². The normalized spacial score (nSPS) is 16.5. The molecule has 2 heterocycles. The molecule has 0 aliphatic carbocycles. The van der Waals surface area contributed by atoms with Crippen LogP contribution in [0.25, 0.3) is 10.9 Å². The van der Waals surface area contributed by atoms with Crippen LogP contribution in [-0.4, -0.2) is 42.1 Å². The van der Waals surface area contributed by atoms with Crippen LogP contribution >= 0.6 is 0 Å². The van der Waals surface area contributed by atoms with E-state index in [9.17, 15) is 9.18 Å². The number of hydrogen-bond acceptors (Lipinski definition) is 4. The molecule has 1 atom stereocenters. The highest BCUT2D eigenvalue weighted by Crippen LogP contribution is 2.23. The van der Waals surface area contributed by atoms with E-state index in [1.807, 2.05) is 36.4 Å². The van der Waals surface area contributed by atoms with E-state index in [2.05, 4.69) is 4.98 Å². The maximum Gasteiger partial charge on any atom is 0.254 e. The first-order valence-corrected chi connectivity index (χ1v) is 8.79. The van der Waals surface area contributed by atoms with Gasteiger partial charge in [0, 0.05) is 30.0 Å². The van der Waals surface area contributed by atoms with Crippen LogP contribution in [0.1, 0.15) is 16.8 Å². The van der Waals surface area contributed by atoms with Gasteiger partial charge in [-0.15, -0.1) is 0 Å². The third-order valence-electron chi connectivity index (χ3n) is 4.69. The van der Waals surface area contributed by atoms with E-state index in [0.717, 1.165) is 10.9 Å². The first-order chi connectivity index (χ1) is 13.1. The highest BCUT2D eigenvalue weighted by atomic mass is 19.1. The van der Waals surface area contributed by atoms with Crippen LogP contribution in [0.15, 0.2) is 54.6 Å². The molecular weight excluding hydrogens is 347 g/mol. The number of halogens is 1. The fourth-order valence-corrected chi connectivity index (χ4v) is 3.27. The molecule has 0 saturated carbocycles. The number of amides is 1. The summed E-state index contributed by atoms with van der Waals surface area (Å²) in [5.74, 6) is -0.0927. The average molecular weight is 366 g/mol. The Labute approximate surface area is 156 Å². The number of ether oxygens (including phenoxy) is 2. The summed E-state index contributed by atoms with van der Waals surface area (Å²) in [6.45, 7) is 1.01. The molecule has 1 aliphatic rings. The zero-order chi connectivity index (χ0) is 18.8. The highest BCUT2D eigenvalue weighted by molar-refractivity contribution is 5.94. The van der Waals surface area contributed by atoms with Crippen molar-refractivity contribution in [2.45, 2.75) is 12.5 Å². The zero-order valence-electron chi connectivity index (χ0n) is 14.9. The van der Waals surface area contributed by atoms with Gasteiger partial charge in [-0.1, -0.05) is 18.2 Å². The fraction of sp³-hybridized carbons (Fsp3) is 0.238. The van der Waals surface area contributed by atoms with Crippen molar-refractivity contribution in [3.8, 4) is 11.6 Å². The summed E-state index contributed by atoms with van der Waals surface area (Å²) in [5, 5.41) is 1.05. The Kier molecular flexibility index (Phi) is 4.62. The molecule has 4 rings (SSSR count). The van der Waals surface area contributed by atoms with Gasteiger partial charge in [0.15, 0.2) is 11.6 Å². The van der Waals surface area contributed by atoms with Crippen LogP contribution in [0.2, 0.25) is 0 Å². The van der Waals surface area contributed by atoms with E-state index in [4.69, 9.17) is 9.47 Å². The summed E-state index contributed by atoms with van der Waals surface area (Å²) >= 11 is 0. The van der Waals surface area contributed by atoms with Crippen molar-refractivity contribution in [2.75, 3.05) is 20.2 Å². The summed E-state index contributed by atoms with van der Waals surface area (Å²) in [4.78, 5) is 18.8. The molecule has 0 spiro atoms. The monoisotopic (exact) mass is 366 g/mol. The van der Waals surface area contributed by atoms with E-state index in [1.54, 1.807) is 11.0 Å². The molecular formula is C21H19FN2O3. The summed E-state index contributed by atoms with van der Waals surface area (Å²) < 4.78 is 24.7. The van der Waals surface area contributed by atoms with Crippen molar-refractivity contribution < 1.29 is 18.7 Å². The topological polar surface area (TPSA) is 51.7 Å². The predicted molar refractivity (Wildman–Crippen MR) is 99.6 cm³/mol. The van der Waals surface area contributed by atoms with Crippen LogP contribution < -0.4 is 9.47 Å². The molecule has 1 aliphatic heterocycles. The number of hydrogen-bond donors (Lipinski definition) is 0. The van der Waals surface area contributed by atoms with Gasteiger partial charge in [0.25, 0.3) is 5.91 Å². The number of likely N-dealkylation sites (tertiary alicyclic amines) is 1. The molecule has 138 valence electrons. The average Bonchev–Trinajstić information content (AvgIpc) is 3.15. The Bertz CT molecular complexity index is 992. The van der Waals surface area contributed by atoms with Gasteiger partial charge in [0.2, 0.25) is 5.88 Å². The van der Waals surface area contributed by atoms with Gasteiger partial charge < -0.3 is 14.4 Å². The number of aromatic nitrogens is 1. The van der Waals surface area contributed by atoms with Crippen molar-refractivity contribution in [3.63, 3.8) is 0 Å². The number of methoxy groups -OCH3 is 1. The quantitative estimate of drug-likeness (QED) is 0.707. The number of rotatable bonds is 4. The van der Waals surface area contributed by atoms with Crippen LogP contribution in [0.3, 0.4) is 0 Å². The number of para-hydroxylation sites is 1. The van der Waals surface area contributed by atoms with Crippen LogP contribution in [-0.2, 0) is 0 Å². The second kappa shape index (κ2) is 7.23. The van der Waals surface area contributed by atoms with Crippen molar-refractivity contribution >= 4 is 16.8 Å². The summed E-state index contributed by atoms with van der Waals surface area (Å²) in [6, 6.07) is 15.9. The Hall–Kier alpha value is -3.15. The molecule has 27 heavy (non-hydrogen) atoms. The zero-order valence-corrected chi connectivity index (χ0v) is 14.9. The van der Waals surface area contributed by atoms with Crippen molar-refractivity contribution in [1.82, 2.24) is 9.88 Å². The highest BCUT2D eigenvalue weighted by Gasteiger charge is 2.29. The number of carbonyl (C=O) groups is 1. The molecule has 0 unspecified atom stereocenters. The molecule has 1 aromatic heterocycles. The first kappa shape index (κ1) is 17.3. The fourth-order valence-electron chi connectivity index (χ4n) is 3.27. The minimum Gasteiger partial charge on any atom is -0.494 e. The Morgan fingerprint density at radius 3 is 2.85 bits per heavy atom. The lowest BCUT2D eigenvalue weighted by molar-refractivity contribution is 0.0770. The van der Waals surface area contributed by atoms with Crippen molar-refractivity contribution in [1.29, 1.82) is 0 Å². The molecule has 5 nitrogen and oxygen atoms in total. The molecule has 1 saturated heterocycles. The van der Waals surface area contributed by atoms with E-state index in [1.165, 1.54) is 19.2 Å². The van der Waals surface area contributed by atoms with E-state index in [-0.39, 0.29) is 17.8 Å². The van der Waals surface area contributed by atoms with Gasteiger partial charge >= 0.3 is 0 Å². The third-order valence-corrected chi connectivity index (χ3v) is 4.69. The van der Waals surface area contributed by atoms with Crippen LogP contribution in [0.4, 0.5) is 4.39 Å². The van der Waals surface area contributed by atoms with Gasteiger partial charge in [-0.2, -0.15) is 0 Å². The largest absolute Gasteiger partial charge is 0.494 e.